The fourth-order valence-electron chi connectivity index (χ4n) is 2.34. The molecular formula is C23H28O5. The second kappa shape index (κ2) is 9.40. The quantitative estimate of drug-likeness (QED) is 0.508. The zero-order valence-corrected chi connectivity index (χ0v) is 17.2. The van der Waals surface area contributed by atoms with E-state index in [0.29, 0.717) is 23.7 Å². The van der Waals surface area contributed by atoms with Gasteiger partial charge in [-0.2, -0.15) is 0 Å². The molecule has 2 rings (SSSR count). The predicted octanol–water partition coefficient (Wildman–Crippen LogP) is 4.78. The van der Waals surface area contributed by atoms with E-state index in [9.17, 15) is 9.59 Å². The third-order valence-corrected chi connectivity index (χ3v) is 3.95. The van der Waals surface area contributed by atoms with Crippen molar-refractivity contribution >= 4 is 11.9 Å². The van der Waals surface area contributed by atoms with Crippen molar-refractivity contribution in [2.45, 2.75) is 40.0 Å². The molecule has 0 spiro atoms. The molecule has 0 N–H and O–H groups in total. The number of esters is 2. The Bertz CT molecular complexity index is 783. The van der Waals surface area contributed by atoms with Crippen molar-refractivity contribution in [3.05, 3.63) is 59.7 Å². The van der Waals surface area contributed by atoms with Crippen molar-refractivity contribution in [2.24, 2.45) is 5.92 Å². The fraction of sp³-hybridized carbons (Fsp3) is 0.391. The topological polar surface area (TPSA) is 61.8 Å². The SMILES string of the molecule is CC(C)COC(=O)c1ccc(OC(=O)COc2ccc(C(C)(C)C)cc2)cc1. The Labute approximate surface area is 166 Å². The van der Waals surface area contributed by atoms with Crippen LogP contribution in [0.3, 0.4) is 0 Å². The molecule has 0 fully saturated rings. The summed E-state index contributed by atoms with van der Waals surface area (Å²) in [6.45, 7) is 10.5. The first-order valence-electron chi connectivity index (χ1n) is 9.36. The monoisotopic (exact) mass is 384 g/mol. The number of carbonyl (C=O) groups is 2. The van der Waals surface area contributed by atoms with Crippen LogP contribution in [0.2, 0.25) is 0 Å². The van der Waals surface area contributed by atoms with E-state index in [2.05, 4.69) is 20.8 Å². The second-order valence-corrected chi connectivity index (χ2v) is 8.05. The van der Waals surface area contributed by atoms with Crippen molar-refractivity contribution in [2.75, 3.05) is 13.2 Å². The van der Waals surface area contributed by atoms with E-state index in [4.69, 9.17) is 14.2 Å². The van der Waals surface area contributed by atoms with E-state index in [-0.39, 0.29) is 17.9 Å². The van der Waals surface area contributed by atoms with Gasteiger partial charge in [0.1, 0.15) is 11.5 Å². The maximum absolute atomic E-state index is 12.0. The molecule has 0 aliphatic rings. The van der Waals surface area contributed by atoms with Crippen LogP contribution in [0, 0.1) is 5.92 Å². The van der Waals surface area contributed by atoms with Crippen molar-refractivity contribution in [3.63, 3.8) is 0 Å². The maximum Gasteiger partial charge on any atom is 0.349 e. The third-order valence-electron chi connectivity index (χ3n) is 3.95. The highest BCUT2D eigenvalue weighted by atomic mass is 16.6. The van der Waals surface area contributed by atoms with Gasteiger partial charge in [-0.3, -0.25) is 0 Å². The molecule has 0 radical (unpaired) electrons. The largest absolute Gasteiger partial charge is 0.482 e. The van der Waals surface area contributed by atoms with Gasteiger partial charge >= 0.3 is 11.9 Å². The van der Waals surface area contributed by atoms with E-state index < -0.39 is 11.9 Å². The number of hydrogen-bond donors (Lipinski definition) is 0. The van der Waals surface area contributed by atoms with E-state index in [1.54, 1.807) is 24.3 Å². The molecule has 0 unspecified atom stereocenters. The third kappa shape index (κ3) is 6.72. The average Bonchev–Trinajstić information content (AvgIpc) is 2.64. The summed E-state index contributed by atoms with van der Waals surface area (Å²) >= 11 is 0. The lowest BCUT2D eigenvalue weighted by molar-refractivity contribution is -0.136. The van der Waals surface area contributed by atoms with Crippen LogP contribution in [0.25, 0.3) is 0 Å². The molecule has 5 nitrogen and oxygen atoms in total. The highest BCUT2D eigenvalue weighted by molar-refractivity contribution is 5.89. The molecule has 150 valence electrons. The molecule has 5 heteroatoms. The Morgan fingerprint density at radius 1 is 0.893 bits per heavy atom. The molecule has 0 aliphatic carbocycles. The van der Waals surface area contributed by atoms with Crippen LogP contribution in [0.1, 0.15) is 50.5 Å². The molecule has 2 aromatic rings. The van der Waals surface area contributed by atoms with E-state index >= 15 is 0 Å². The highest BCUT2D eigenvalue weighted by Crippen LogP contribution is 2.24. The van der Waals surface area contributed by atoms with Crippen LogP contribution < -0.4 is 9.47 Å². The smallest absolute Gasteiger partial charge is 0.349 e. The van der Waals surface area contributed by atoms with Gasteiger partial charge in [0.15, 0.2) is 6.61 Å². The summed E-state index contributed by atoms with van der Waals surface area (Å²) in [4.78, 5) is 23.8. The minimum Gasteiger partial charge on any atom is -0.482 e. The summed E-state index contributed by atoms with van der Waals surface area (Å²) in [7, 11) is 0. The average molecular weight is 384 g/mol. The van der Waals surface area contributed by atoms with Crippen LogP contribution in [-0.2, 0) is 14.9 Å². The second-order valence-electron chi connectivity index (χ2n) is 8.05. The zero-order valence-electron chi connectivity index (χ0n) is 17.2. The Hall–Kier alpha value is -2.82. The summed E-state index contributed by atoms with van der Waals surface area (Å²) in [6, 6.07) is 13.9. The molecule has 28 heavy (non-hydrogen) atoms. The Morgan fingerprint density at radius 3 is 2.00 bits per heavy atom. The van der Waals surface area contributed by atoms with Crippen LogP contribution in [0.15, 0.2) is 48.5 Å². The molecule has 0 heterocycles. The van der Waals surface area contributed by atoms with Crippen molar-refractivity contribution < 1.29 is 23.8 Å². The predicted molar refractivity (Wildman–Crippen MR) is 108 cm³/mol. The van der Waals surface area contributed by atoms with Gasteiger partial charge in [-0.05, 0) is 53.3 Å². The summed E-state index contributed by atoms with van der Waals surface area (Å²) in [6.07, 6.45) is 0. The van der Waals surface area contributed by atoms with Gasteiger partial charge in [0.2, 0.25) is 0 Å². The van der Waals surface area contributed by atoms with Gasteiger partial charge < -0.3 is 14.2 Å². The summed E-state index contributed by atoms with van der Waals surface area (Å²) < 4.78 is 15.9. The van der Waals surface area contributed by atoms with Gasteiger partial charge in [-0.25, -0.2) is 9.59 Å². The first kappa shape index (κ1) is 21.5. The number of carbonyl (C=O) groups excluding carboxylic acids is 2. The zero-order chi connectivity index (χ0) is 20.7. The number of benzene rings is 2. The Morgan fingerprint density at radius 2 is 1.46 bits per heavy atom. The maximum atomic E-state index is 12.0. The summed E-state index contributed by atoms with van der Waals surface area (Å²) in [5.74, 6) is 0.308. The first-order chi connectivity index (χ1) is 13.1. The molecule has 0 amide bonds. The molecule has 0 saturated carbocycles. The Balaban J connectivity index is 1.83. The first-order valence-corrected chi connectivity index (χ1v) is 9.36. The van der Waals surface area contributed by atoms with E-state index in [1.807, 2.05) is 38.1 Å². The normalized spacial score (nSPS) is 11.2. The van der Waals surface area contributed by atoms with Gasteiger partial charge in [0.25, 0.3) is 0 Å². The van der Waals surface area contributed by atoms with Crippen LogP contribution in [0.4, 0.5) is 0 Å². The fourth-order valence-corrected chi connectivity index (χ4v) is 2.34. The standard InChI is InChI=1S/C23H28O5/c1-16(2)14-27-22(25)17-6-10-20(11-7-17)28-21(24)15-26-19-12-8-18(9-13-19)23(3,4)5/h6-13,16H,14-15H2,1-5H3. The molecule has 0 aromatic heterocycles. The number of hydrogen-bond acceptors (Lipinski definition) is 5. The minimum absolute atomic E-state index is 0.0604. The lowest BCUT2D eigenvalue weighted by Crippen LogP contribution is -2.18. The Kier molecular flexibility index (Phi) is 7.21. The molecule has 0 atom stereocenters. The number of ether oxygens (including phenoxy) is 3. The summed E-state index contributed by atoms with van der Waals surface area (Å²) in [5, 5.41) is 0. The van der Waals surface area contributed by atoms with Gasteiger partial charge in [0, 0.05) is 0 Å². The molecule has 0 aliphatic heterocycles. The summed E-state index contributed by atoms with van der Waals surface area (Å²) in [5.41, 5.74) is 1.66. The van der Waals surface area contributed by atoms with Crippen molar-refractivity contribution in [3.8, 4) is 11.5 Å². The van der Waals surface area contributed by atoms with Crippen LogP contribution >= 0.6 is 0 Å². The van der Waals surface area contributed by atoms with E-state index in [0.717, 1.165) is 0 Å². The van der Waals surface area contributed by atoms with Gasteiger partial charge in [-0.1, -0.05) is 46.8 Å². The van der Waals surface area contributed by atoms with E-state index in [1.165, 1.54) is 5.56 Å². The number of rotatable bonds is 7. The van der Waals surface area contributed by atoms with Crippen molar-refractivity contribution in [1.29, 1.82) is 0 Å². The molecule has 0 saturated heterocycles. The minimum atomic E-state index is -0.518. The van der Waals surface area contributed by atoms with Crippen molar-refractivity contribution in [1.82, 2.24) is 0 Å². The van der Waals surface area contributed by atoms with Gasteiger partial charge in [0.05, 0.1) is 12.2 Å². The lowest BCUT2D eigenvalue weighted by Gasteiger charge is -2.19. The molecular weight excluding hydrogens is 356 g/mol. The van der Waals surface area contributed by atoms with Gasteiger partial charge in [-0.15, -0.1) is 0 Å². The molecule has 2 aromatic carbocycles. The van der Waals surface area contributed by atoms with Crippen LogP contribution in [-0.4, -0.2) is 25.2 Å². The highest BCUT2D eigenvalue weighted by Gasteiger charge is 2.14. The lowest BCUT2D eigenvalue weighted by atomic mass is 9.87. The van der Waals surface area contributed by atoms with Crippen LogP contribution in [0.5, 0.6) is 11.5 Å². The molecule has 0 bridgehead atoms.